The maximum Gasteiger partial charge on any atom is 0.410 e. The molecule has 6 heteroatoms. The number of hydrogen-bond donors (Lipinski definition) is 1. The van der Waals surface area contributed by atoms with Gasteiger partial charge in [-0.25, -0.2) is 9.59 Å². The summed E-state index contributed by atoms with van der Waals surface area (Å²) in [6.07, 6.45) is 3.23. The van der Waals surface area contributed by atoms with Crippen LogP contribution in [0, 0.1) is 5.92 Å². The first-order valence-electron chi connectivity index (χ1n) is 9.77. The Hall–Kier alpha value is -2.24. The van der Waals surface area contributed by atoms with Crippen molar-refractivity contribution in [3.8, 4) is 0 Å². The van der Waals surface area contributed by atoms with Gasteiger partial charge in [0.05, 0.1) is 0 Å². The quantitative estimate of drug-likeness (QED) is 0.862. The lowest BCUT2D eigenvalue weighted by Gasteiger charge is -2.39. The van der Waals surface area contributed by atoms with Crippen molar-refractivity contribution in [1.82, 2.24) is 10.2 Å². The molecule has 1 unspecified atom stereocenters. The van der Waals surface area contributed by atoms with Gasteiger partial charge in [0.15, 0.2) is 0 Å². The van der Waals surface area contributed by atoms with Gasteiger partial charge in [0, 0.05) is 18.6 Å². The molecule has 0 radical (unpaired) electrons. The molecule has 27 heavy (non-hydrogen) atoms. The van der Waals surface area contributed by atoms with Crippen molar-refractivity contribution in [2.75, 3.05) is 6.54 Å². The van der Waals surface area contributed by atoms with E-state index in [2.05, 4.69) is 5.32 Å². The molecule has 2 bridgehead atoms. The lowest BCUT2D eigenvalue weighted by molar-refractivity contribution is 0.00204. The van der Waals surface area contributed by atoms with Gasteiger partial charge in [0.2, 0.25) is 0 Å². The molecule has 0 saturated carbocycles. The highest BCUT2D eigenvalue weighted by atomic mass is 16.6. The molecule has 0 aliphatic carbocycles. The van der Waals surface area contributed by atoms with Crippen LogP contribution in [-0.2, 0) is 16.1 Å². The number of piperidine rings is 1. The van der Waals surface area contributed by atoms with E-state index < -0.39 is 5.60 Å². The van der Waals surface area contributed by atoms with Crippen LogP contribution in [-0.4, -0.2) is 41.3 Å². The molecular weight excluding hydrogens is 344 g/mol. The van der Waals surface area contributed by atoms with Gasteiger partial charge in [-0.1, -0.05) is 30.3 Å². The van der Waals surface area contributed by atoms with Gasteiger partial charge in [-0.15, -0.1) is 0 Å². The SMILES string of the molecule is CC(C)(C)OC(=O)N1[C@@H]2CC[C@H]1CC(CNC(=O)OCc1ccccc1)C2. The molecule has 0 aromatic heterocycles. The van der Waals surface area contributed by atoms with E-state index in [0.29, 0.717) is 12.5 Å². The van der Waals surface area contributed by atoms with Crippen LogP contribution in [0.5, 0.6) is 0 Å². The third kappa shape index (κ3) is 5.37. The fourth-order valence-corrected chi connectivity index (χ4v) is 4.07. The fourth-order valence-electron chi connectivity index (χ4n) is 4.07. The lowest BCUT2D eigenvalue weighted by Crippen LogP contribution is -2.50. The zero-order valence-corrected chi connectivity index (χ0v) is 16.4. The molecule has 2 amide bonds. The Morgan fingerprint density at radius 3 is 2.33 bits per heavy atom. The molecule has 2 saturated heterocycles. The Balaban J connectivity index is 1.43. The van der Waals surface area contributed by atoms with Crippen LogP contribution in [0.3, 0.4) is 0 Å². The van der Waals surface area contributed by atoms with Crippen molar-refractivity contribution in [3.05, 3.63) is 35.9 Å². The molecule has 148 valence electrons. The lowest BCUT2D eigenvalue weighted by atomic mass is 9.91. The monoisotopic (exact) mass is 374 g/mol. The van der Waals surface area contributed by atoms with Crippen LogP contribution in [0.15, 0.2) is 30.3 Å². The summed E-state index contributed by atoms with van der Waals surface area (Å²) in [6, 6.07) is 10.1. The van der Waals surface area contributed by atoms with Gasteiger partial charge < -0.3 is 19.7 Å². The number of benzene rings is 1. The highest BCUT2D eigenvalue weighted by Crippen LogP contribution is 2.39. The number of amides is 2. The maximum absolute atomic E-state index is 12.5. The molecule has 2 aliphatic heterocycles. The zero-order chi connectivity index (χ0) is 19.4. The Kier molecular flexibility index (Phi) is 5.92. The number of carbonyl (C=O) groups is 2. The highest BCUT2D eigenvalue weighted by Gasteiger charge is 2.44. The van der Waals surface area contributed by atoms with Gasteiger partial charge in [-0.2, -0.15) is 0 Å². The molecule has 6 nitrogen and oxygen atoms in total. The van der Waals surface area contributed by atoms with Crippen molar-refractivity contribution < 1.29 is 19.1 Å². The maximum atomic E-state index is 12.5. The number of carbonyl (C=O) groups excluding carboxylic acids is 2. The van der Waals surface area contributed by atoms with E-state index in [0.717, 1.165) is 31.2 Å². The zero-order valence-electron chi connectivity index (χ0n) is 16.4. The molecule has 1 N–H and O–H groups in total. The van der Waals surface area contributed by atoms with E-state index in [1.54, 1.807) is 0 Å². The minimum Gasteiger partial charge on any atom is -0.445 e. The fraction of sp³-hybridized carbons (Fsp3) is 0.619. The van der Waals surface area contributed by atoms with Crippen molar-refractivity contribution in [3.63, 3.8) is 0 Å². The van der Waals surface area contributed by atoms with Crippen molar-refractivity contribution in [2.24, 2.45) is 5.92 Å². The first-order valence-corrected chi connectivity index (χ1v) is 9.77. The second-order valence-corrected chi connectivity index (χ2v) is 8.55. The van der Waals surface area contributed by atoms with Gasteiger partial charge >= 0.3 is 12.2 Å². The van der Waals surface area contributed by atoms with Gasteiger partial charge in [-0.3, -0.25) is 0 Å². The van der Waals surface area contributed by atoms with Gasteiger partial charge in [0.25, 0.3) is 0 Å². The van der Waals surface area contributed by atoms with Crippen LogP contribution < -0.4 is 5.32 Å². The average molecular weight is 374 g/mol. The summed E-state index contributed by atoms with van der Waals surface area (Å²) in [5.41, 5.74) is 0.494. The summed E-state index contributed by atoms with van der Waals surface area (Å²) in [5, 5.41) is 2.88. The molecule has 2 heterocycles. The summed E-state index contributed by atoms with van der Waals surface area (Å²) < 4.78 is 10.8. The third-order valence-electron chi connectivity index (χ3n) is 5.18. The number of ether oxygens (including phenoxy) is 2. The molecule has 1 aromatic carbocycles. The topological polar surface area (TPSA) is 67.9 Å². The normalized spacial score (nSPS) is 24.4. The van der Waals surface area contributed by atoms with Crippen molar-refractivity contribution >= 4 is 12.2 Å². The van der Waals surface area contributed by atoms with Crippen LogP contribution in [0.4, 0.5) is 9.59 Å². The number of alkyl carbamates (subject to hydrolysis) is 1. The molecular formula is C21H30N2O4. The summed E-state index contributed by atoms with van der Waals surface area (Å²) in [4.78, 5) is 26.4. The summed E-state index contributed by atoms with van der Waals surface area (Å²) in [6.45, 7) is 6.54. The number of nitrogens with zero attached hydrogens (tertiary/aromatic N) is 1. The van der Waals surface area contributed by atoms with E-state index in [4.69, 9.17) is 9.47 Å². The molecule has 2 fully saturated rings. The average Bonchev–Trinajstić information content (AvgIpc) is 2.88. The first kappa shape index (κ1) is 19.5. The molecule has 0 spiro atoms. The minimum absolute atomic E-state index is 0.205. The first-order chi connectivity index (χ1) is 12.8. The number of hydrogen-bond acceptors (Lipinski definition) is 4. The van der Waals surface area contributed by atoms with Gasteiger partial charge in [0.1, 0.15) is 12.2 Å². The van der Waals surface area contributed by atoms with Crippen LogP contribution in [0.1, 0.15) is 52.0 Å². The second kappa shape index (κ2) is 8.19. The Morgan fingerprint density at radius 1 is 1.11 bits per heavy atom. The predicted octanol–water partition coefficient (Wildman–Crippen LogP) is 4.09. The van der Waals surface area contributed by atoms with Crippen LogP contribution >= 0.6 is 0 Å². The summed E-state index contributed by atoms with van der Waals surface area (Å²) in [7, 11) is 0. The summed E-state index contributed by atoms with van der Waals surface area (Å²) in [5.74, 6) is 0.366. The largest absolute Gasteiger partial charge is 0.445 e. The van der Waals surface area contributed by atoms with E-state index in [-0.39, 0.29) is 30.9 Å². The van der Waals surface area contributed by atoms with Crippen LogP contribution in [0.2, 0.25) is 0 Å². The Morgan fingerprint density at radius 2 is 1.74 bits per heavy atom. The van der Waals surface area contributed by atoms with E-state index in [9.17, 15) is 9.59 Å². The standard InChI is InChI=1S/C21H30N2O4/c1-21(2,3)27-20(25)23-17-9-10-18(23)12-16(11-17)13-22-19(24)26-14-15-7-5-4-6-8-15/h4-8,16-18H,9-14H2,1-3H3,(H,22,24)/t16?,17-,18+. The van der Waals surface area contributed by atoms with Crippen LogP contribution in [0.25, 0.3) is 0 Å². The highest BCUT2D eigenvalue weighted by molar-refractivity contribution is 5.70. The van der Waals surface area contributed by atoms with Crippen molar-refractivity contribution in [2.45, 2.75) is 70.7 Å². The van der Waals surface area contributed by atoms with Crippen molar-refractivity contribution in [1.29, 1.82) is 0 Å². The predicted molar refractivity (Wildman–Crippen MR) is 102 cm³/mol. The number of rotatable bonds is 4. The number of nitrogens with one attached hydrogen (secondary N) is 1. The smallest absolute Gasteiger partial charge is 0.410 e. The van der Waals surface area contributed by atoms with E-state index >= 15 is 0 Å². The van der Waals surface area contributed by atoms with Gasteiger partial charge in [-0.05, 0) is 57.9 Å². The molecule has 3 atom stereocenters. The third-order valence-corrected chi connectivity index (χ3v) is 5.18. The summed E-state index contributed by atoms with van der Waals surface area (Å²) >= 11 is 0. The van der Waals surface area contributed by atoms with E-state index in [1.807, 2.05) is 56.0 Å². The number of fused-ring (bicyclic) bond motifs is 2. The Labute approximate surface area is 161 Å². The molecule has 1 aromatic rings. The molecule has 3 rings (SSSR count). The minimum atomic E-state index is -0.475. The Bertz CT molecular complexity index is 642. The molecule has 2 aliphatic rings. The van der Waals surface area contributed by atoms with E-state index in [1.165, 1.54) is 0 Å². The second-order valence-electron chi connectivity index (χ2n) is 8.55.